The first-order valence-corrected chi connectivity index (χ1v) is 12.0. The van der Waals surface area contributed by atoms with Crippen LogP contribution in [0.25, 0.3) is 11.1 Å². The number of carboxylic acid groups (broad SMARTS) is 1. The molecular weight excluding hydrogens is 432 g/mol. The first-order valence-electron chi connectivity index (χ1n) is 12.0. The van der Waals surface area contributed by atoms with Gasteiger partial charge in [-0.3, -0.25) is 9.59 Å². The molecule has 7 nitrogen and oxygen atoms in total. The van der Waals surface area contributed by atoms with Gasteiger partial charge in [-0.2, -0.15) is 0 Å². The van der Waals surface area contributed by atoms with Gasteiger partial charge in [0.25, 0.3) is 0 Å². The highest BCUT2D eigenvalue weighted by molar-refractivity contribution is 5.84. The minimum atomic E-state index is -0.832. The summed E-state index contributed by atoms with van der Waals surface area (Å²) in [6.07, 6.45) is 2.45. The Hall–Kier alpha value is -3.35. The van der Waals surface area contributed by atoms with Crippen LogP contribution in [-0.2, 0) is 14.3 Å². The number of amides is 2. The molecule has 1 saturated carbocycles. The van der Waals surface area contributed by atoms with Crippen LogP contribution < -0.4 is 10.6 Å². The van der Waals surface area contributed by atoms with E-state index in [1.165, 1.54) is 11.1 Å². The monoisotopic (exact) mass is 464 g/mol. The molecule has 0 spiro atoms. The zero-order valence-corrected chi connectivity index (χ0v) is 19.5. The molecule has 2 aromatic rings. The van der Waals surface area contributed by atoms with E-state index in [1.807, 2.05) is 31.2 Å². The van der Waals surface area contributed by atoms with E-state index < -0.39 is 17.5 Å². The minimum Gasteiger partial charge on any atom is -0.481 e. The Kier molecular flexibility index (Phi) is 7.20. The van der Waals surface area contributed by atoms with Gasteiger partial charge in [-0.15, -0.1) is 0 Å². The van der Waals surface area contributed by atoms with E-state index in [-0.39, 0.29) is 37.3 Å². The van der Waals surface area contributed by atoms with Crippen molar-refractivity contribution in [2.45, 2.75) is 44.9 Å². The molecule has 1 unspecified atom stereocenters. The maximum atomic E-state index is 12.8. The molecule has 34 heavy (non-hydrogen) atoms. The summed E-state index contributed by atoms with van der Waals surface area (Å²) >= 11 is 0. The lowest BCUT2D eigenvalue weighted by atomic mass is 9.68. The molecule has 2 aliphatic carbocycles. The molecule has 7 heteroatoms. The maximum Gasteiger partial charge on any atom is 0.407 e. The van der Waals surface area contributed by atoms with Gasteiger partial charge in [0.15, 0.2) is 0 Å². The van der Waals surface area contributed by atoms with Crippen LogP contribution in [0.5, 0.6) is 0 Å². The van der Waals surface area contributed by atoms with Crippen LogP contribution in [-0.4, -0.2) is 42.8 Å². The Morgan fingerprint density at radius 3 is 2.21 bits per heavy atom. The fraction of sp³-hybridized carbons (Fsp3) is 0.444. The number of carboxylic acids is 1. The lowest BCUT2D eigenvalue weighted by Crippen LogP contribution is -2.53. The topological polar surface area (TPSA) is 105 Å². The predicted molar refractivity (Wildman–Crippen MR) is 128 cm³/mol. The number of hydrogen-bond acceptors (Lipinski definition) is 4. The zero-order chi connectivity index (χ0) is 24.1. The largest absolute Gasteiger partial charge is 0.481 e. The van der Waals surface area contributed by atoms with Crippen molar-refractivity contribution in [2.75, 3.05) is 19.7 Å². The van der Waals surface area contributed by atoms with Crippen LogP contribution in [0.2, 0.25) is 0 Å². The number of carbonyl (C=O) groups excluding carboxylic acids is 2. The van der Waals surface area contributed by atoms with Crippen molar-refractivity contribution >= 4 is 18.0 Å². The van der Waals surface area contributed by atoms with E-state index in [0.29, 0.717) is 25.8 Å². The maximum absolute atomic E-state index is 12.8. The van der Waals surface area contributed by atoms with Crippen molar-refractivity contribution < 1.29 is 24.2 Å². The highest BCUT2D eigenvalue weighted by atomic mass is 16.5. The Labute approximate surface area is 199 Å². The number of benzene rings is 2. The Balaban J connectivity index is 1.28. The van der Waals surface area contributed by atoms with Gasteiger partial charge in [-0.1, -0.05) is 61.9 Å². The molecule has 2 aromatic carbocycles. The van der Waals surface area contributed by atoms with Gasteiger partial charge in [0.2, 0.25) is 5.91 Å². The summed E-state index contributed by atoms with van der Waals surface area (Å²) in [6, 6.07) is 16.4. The molecule has 1 fully saturated rings. The summed E-state index contributed by atoms with van der Waals surface area (Å²) in [6.45, 7) is 2.82. The normalized spacial score (nSPS) is 16.5. The number of alkyl carbamates (subject to hydrolysis) is 1. The number of nitrogens with one attached hydrogen (secondary N) is 2. The second kappa shape index (κ2) is 10.3. The van der Waals surface area contributed by atoms with Crippen LogP contribution in [0.4, 0.5) is 4.79 Å². The zero-order valence-electron chi connectivity index (χ0n) is 19.5. The average Bonchev–Trinajstić information content (AvgIpc) is 3.13. The second-order valence-electron chi connectivity index (χ2n) is 9.56. The molecule has 180 valence electrons. The van der Waals surface area contributed by atoms with Gasteiger partial charge < -0.3 is 20.5 Å². The van der Waals surface area contributed by atoms with Crippen molar-refractivity contribution in [3.8, 4) is 11.1 Å². The first-order chi connectivity index (χ1) is 16.4. The Morgan fingerprint density at radius 2 is 1.65 bits per heavy atom. The number of aliphatic carboxylic acids is 1. The third kappa shape index (κ3) is 5.08. The van der Waals surface area contributed by atoms with Crippen LogP contribution in [0, 0.1) is 11.3 Å². The first kappa shape index (κ1) is 23.8. The number of hydrogen-bond donors (Lipinski definition) is 3. The lowest BCUT2D eigenvalue weighted by Gasteiger charge is -2.40. The molecule has 1 atom stereocenters. The Morgan fingerprint density at radius 1 is 1.03 bits per heavy atom. The highest BCUT2D eigenvalue weighted by Crippen LogP contribution is 2.44. The molecule has 0 aliphatic heterocycles. The van der Waals surface area contributed by atoms with E-state index in [4.69, 9.17) is 9.84 Å². The quantitative estimate of drug-likeness (QED) is 0.486. The van der Waals surface area contributed by atoms with Crippen molar-refractivity contribution in [1.29, 1.82) is 0 Å². The minimum absolute atomic E-state index is 0.00796. The molecule has 3 N–H and O–H groups in total. The summed E-state index contributed by atoms with van der Waals surface area (Å²) in [4.78, 5) is 36.1. The predicted octanol–water partition coefficient (Wildman–Crippen LogP) is 4.31. The SMILES string of the molecule is CC(CCC(=O)O)CNC(=O)C1(CNC(=O)OCC2c3ccccc3-c3ccccc32)CCC1. The summed E-state index contributed by atoms with van der Waals surface area (Å²) in [7, 11) is 0. The summed E-state index contributed by atoms with van der Waals surface area (Å²) in [5, 5.41) is 14.6. The molecule has 0 heterocycles. The molecule has 0 saturated heterocycles. The molecule has 0 radical (unpaired) electrons. The van der Waals surface area contributed by atoms with E-state index >= 15 is 0 Å². The lowest BCUT2D eigenvalue weighted by molar-refractivity contribution is -0.137. The van der Waals surface area contributed by atoms with Gasteiger partial charge in [-0.25, -0.2) is 4.79 Å². The van der Waals surface area contributed by atoms with Crippen LogP contribution >= 0.6 is 0 Å². The number of carbonyl (C=O) groups is 3. The van der Waals surface area contributed by atoms with E-state index in [0.717, 1.165) is 17.5 Å². The molecule has 2 aliphatic rings. The fourth-order valence-corrected chi connectivity index (χ4v) is 4.90. The molecule has 0 bridgehead atoms. The van der Waals surface area contributed by atoms with Gasteiger partial charge >= 0.3 is 12.1 Å². The molecule has 4 rings (SSSR count). The van der Waals surface area contributed by atoms with E-state index in [9.17, 15) is 14.4 Å². The number of fused-ring (bicyclic) bond motifs is 3. The van der Waals surface area contributed by atoms with Crippen molar-refractivity contribution in [2.24, 2.45) is 11.3 Å². The third-order valence-corrected chi connectivity index (χ3v) is 7.17. The van der Waals surface area contributed by atoms with Gasteiger partial charge in [0.1, 0.15) is 6.61 Å². The van der Waals surface area contributed by atoms with Gasteiger partial charge in [-0.05, 0) is 47.4 Å². The second-order valence-corrected chi connectivity index (χ2v) is 9.56. The average molecular weight is 465 g/mol. The molecular formula is C27H32N2O5. The van der Waals surface area contributed by atoms with Crippen molar-refractivity contribution in [3.63, 3.8) is 0 Å². The molecule has 2 amide bonds. The van der Waals surface area contributed by atoms with Crippen molar-refractivity contribution in [1.82, 2.24) is 10.6 Å². The smallest absolute Gasteiger partial charge is 0.407 e. The fourth-order valence-electron chi connectivity index (χ4n) is 4.90. The van der Waals surface area contributed by atoms with E-state index in [1.54, 1.807) is 0 Å². The van der Waals surface area contributed by atoms with E-state index in [2.05, 4.69) is 34.9 Å². The van der Waals surface area contributed by atoms with Crippen LogP contribution in [0.15, 0.2) is 48.5 Å². The summed E-state index contributed by atoms with van der Waals surface area (Å²) in [5.41, 5.74) is 4.05. The molecule has 0 aromatic heterocycles. The summed E-state index contributed by atoms with van der Waals surface area (Å²) in [5.74, 6) is -0.848. The van der Waals surface area contributed by atoms with Crippen LogP contribution in [0.3, 0.4) is 0 Å². The Bertz CT molecular complexity index is 1020. The standard InChI is InChI=1S/C27H32N2O5/c1-18(11-12-24(30)31)15-28-25(32)27(13-6-14-27)17-29-26(33)34-16-23-21-9-4-2-7-19(21)20-8-3-5-10-22(20)23/h2-5,7-10,18,23H,6,11-17H2,1H3,(H,28,32)(H,29,33)(H,30,31). The highest BCUT2D eigenvalue weighted by Gasteiger charge is 2.44. The van der Waals surface area contributed by atoms with Gasteiger partial charge in [0.05, 0.1) is 5.41 Å². The van der Waals surface area contributed by atoms with Crippen molar-refractivity contribution in [3.05, 3.63) is 59.7 Å². The number of ether oxygens (including phenoxy) is 1. The third-order valence-electron chi connectivity index (χ3n) is 7.17. The van der Waals surface area contributed by atoms with Gasteiger partial charge in [0, 0.05) is 25.4 Å². The van der Waals surface area contributed by atoms with Crippen LogP contribution in [0.1, 0.15) is 56.1 Å². The summed E-state index contributed by atoms with van der Waals surface area (Å²) < 4.78 is 5.60. The number of rotatable bonds is 10.